The van der Waals surface area contributed by atoms with Crippen LogP contribution < -0.4 is 97.0 Å². The molecule has 0 saturated carbocycles. The SMILES string of the molecule is CC(C)C[C@@H]1NC(=O)[C@H](CCCNC(=N)N)NC(=O)[C@H](Cc2ccccc2)N(C)C(=O)[C@H](C)N(C)C(=O)[C@H](CCCNC(=N)N)NC(=O)[C@H](Cc2ccc(-c3ccccc3)cc2)NC(=O)[C@H](C(C)C)NC(=O)[C@H](Cc2cccc3ccccc23)NC(=O)[C@H](CC(=O)O)NC(=O)[C@H](Cc2ccc(O)cc2)NC(=O)[C@H](Cc2ccccc2)NC(=O)CSC[C@@H](C(=O)NCC(N)=O)NC(=O)[C@H](CO)NC(=O)[C@H](C(C)C)NC1=O. The molecule has 0 bridgehead atoms. The van der Waals surface area contributed by atoms with Crippen molar-refractivity contribution in [2.24, 2.45) is 35.0 Å². The van der Waals surface area contributed by atoms with Crippen LogP contribution in [-0.4, -0.2) is 274 Å². The zero-order chi connectivity index (χ0) is 106. The molecule has 7 aromatic carbocycles. The Morgan fingerprint density at radius 1 is 0.428 bits per heavy atom. The van der Waals surface area contributed by atoms with Gasteiger partial charge in [0, 0.05) is 65.0 Å². The number of carboxylic acid groups (broad SMARTS) is 1. The fourth-order valence-corrected chi connectivity index (χ4v) is 16.9. The van der Waals surface area contributed by atoms with Crippen molar-refractivity contribution in [3.63, 3.8) is 0 Å². The van der Waals surface area contributed by atoms with Crippen LogP contribution in [0.4, 0.5) is 0 Å². The van der Waals surface area contributed by atoms with Crippen molar-refractivity contribution < 1.29 is 96.8 Å². The molecule has 0 aromatic heterocycles. The van der Waals surface area contributed by atoms with Crippen molar-refractivity contribution in [2.75, 3.05) is 51.8 Å². The van der Waals surface area contributed by atoms with Crippen LogP contribution in [0.15, 0.2) is 182 Å². The normalized spacial score (nSPS) is 22.2. The average Bonchev–Trinajstić information content (AvgIpc) is 0.814. The molecule has 8 rings (SSSR count). The van der Waals surface area contributed by atoms with Crippen molar-refractivity contribution in [3.8, 4) is 16.9 Å². The van der Waals surface area contributed by atoms with Gasteiger partial charge in [-0.1, -0.05) is 211 Å². The minimum Gasteiger partial charge on any atom is -0.508 e. The topological polar surface area (TPSA) is 664 Å². The van der Waals surface area contributed by atoms with Gasteiger partial charge in [-0.2, -0.15) is 0 Å². The highest BCUT2D eigenvalue weighted by molar-refractivity contribution is 8.00. The first-order chi connectivity index (χ1) is 69.0. The molecule has 145 heavy (non-hydrogen) atoms. The molecule has 16 amide bonds. The number of primary amides is 1. The van der Waals surface area contributed by atoms with Crippen LogP contribution in [-0.2, 0) is 114 Å². The van der Waals surface area contributed by atoms with Gasteiger partial charge in [-0.05, 0) is 119 Å². The Labute approximate surface area is 844 Å². The van der Waals surface area contributed by atoms with E-state index in [1.165, 1.54) is 59.1 Å². The number of likely N-dealkylation sites (N-methyl/N-ethyl adjacent to an activating group) is 2. The molecule has 42 nitrogen and oxygen atoms in total. The Bertz CT molecular complexity index is 5670. The summed E-state index contributed by atoms with van der Waals surface area (Å²) in [4.78, 5) is 253. The van der Waals surface area contributed by atoms with Gasteiger partial charge < -0.3 is 122 Å². The Balaban J connectivity index is 1.24. The number of carbonyl (C=O) groups is 17. The fraction of sp³-hybridized carbons (Fsp3) is 0.422. The summed E-state index contributed by atoms with van der Waals surface area (Å²) in [7, 11) is 2.58. The second kappa shape index (κ2) is 56.9. The lowest BCUT2D eigenvalue weighted by atomic mass is 9.96. The standard InChI is InChI=1S/C102H134N22O20S/c1-57(2)46-73-93(137)121-86(59(5)6)98(142)119-79(54-125)95(139)120-80(87(131)110-53-82(103)127)55-145-56-83(128)111-74(47-61-24-13-10-14-25-61)89(133)115-75(49-64-38-42-69(126)43-39-64)91(135)117-78(52-84(129)130)92(136)116-77(51-68-32-21-31-67-30-19-20-33-70(67)68)94(138)122-85(58(3)4)97(141)118-76(48-63-36-40-66(41-37-63)65-28-17-12-18-29-65)90(134)113-72(35-23-45-109-102(106)107)100(144)123(8)60(7)99(143)124(9)81(50-62-26-15-11-16-27-62)96(140)112-71(88(132)114-73)34-22-44-108-101(104)105/h10-21,24-33,36-43,57-60,71-81,85-86,125-126H,22-23,34-35,44-56H2,1-9H3,(H2,103,127)(H,110,131)(H,111,128)(H,112,140)(H,113,134)(H,114,132)(H,115,133)(H,116,136)(H,117,135)(H,118,141)(H,119,142)(H,120,139)(H,121,137)(H,122,138)(H,129,130)(H4,104,105,108)(H4,106,107,109)/t60-,71-,72-,73-,74-,75-,76-,77-,78-,79-,80-,81-,85-,86-/m0/s1. The lowest BCUT2D eigenvalue weighted by Crippen LogP contribution is -2.62. The number of phenolic OH excluding ortho intramolecular Hbond substituents is 1. The zero-order valence-corrected chi connectivity index (χ0v) is 83.3. The molecular formula is C102H134N22O20S. The Morgan fingerprint density at radius 2 is 0.841 bits per heavy atom. The molecule has 0 aliphatic carbocycles. The van der Waals surface area contributed by atoms with E-state index in [1.54, 1.807) is 155 Å². The number of aromatic hydroxyl groups is 1. The number of nitrogens with one attached hydrogen (secondary N) is 17. The number of phenols is 1. The van der Waals surface area contributed by atoms with Crippen LogP contribution in [0.3, 0.4) is 0 Å². The summed E-state index contributed by atoms with van der Waals surface area (Å²) in [5, 5.41) is 88.2. The summed E-state index contributed by atoms with van der Waals surface area (Å²) in [6, 6.07) is 27.4. The molecule has 14 atom stereocenters. The third-order valence-corrected chi connectivity index (χ3v) is 25.2. The van der Waals surface area contributed by atoms with Crippen LogP contribution in [0.5, 0.6) is 5.75 Å². The first kappa shape index (κ1) is 115. The van der Waals surface area contributed by atoms with Gasteiger partial charge in [0.25, 0.3) is 0 Å². The van der Waals surface area contributed by atoms with Crippen LogP contribution in [0.1, 0.15) is 115 Å². The first-order valence-corrected chi connectivity index (χ1v) is 48.9. The number of nitrogens with zero attached hydrogens (tertiary/aromatic N) is 2. The molecule has 43 heteroatoms. The van der Waals surface area contributed by atoms with E-state index in [0.29, 0.717) is 44.8 Å². The molecule has 0 spiro atoms. The number of carbonyl (C=O) groups excluding carboxylic acids is 16. The molecular weight excluding hydrogens is 1890 g/mol. The van der Waals surface area contributed by atoms with Crippen molar-refractivity contribution in [1.82, 2.24) is 89.6 Å². The summed E-state index contributed by atoms with van der Waals surface area (Å²) >= 11 is 0.706. The molecule has 1 aliphatic heterocycles. The highest BCUT2D eigenvalue weighted by Crippen LogP contribution is 2.25. The largest absolute Gasteiger partial charge is 0.508 e. The Hall–Kier alpha value is -15.6. The number of amides is 16. The summed E-state index contributed by atoms with van der Waals surface area (Å²) in [5.74, 6) is -22.0. The van der Waals surface area contributed by atoms with Crippen molar-refractivity contribution >= 4 is 135 Å². The number of benzene rings is 7. The molecule has 1 saturated heterocycles. The number of guanidine groups is 2. The predicted octanol–water partition coefficient (Wildman–Crippen LogP) is -0.0829. The van der Waals surface area contributed by atoms with Gasteiger partial charge in [0.05, 0.1) is 25.3 Å². The summed E-state index contributed by atoms with van der Waals surface area (Å²) in [5.41, 5.74) is 20.6. The van der Waals surface area contributed by atoms with Crippen LogP contribution >= 0.6 is 11.8 Å². The number of thioether (sulfide) groups is 1. The minimum absolute atomic E-state index is 0.00676. The lowest BCUT2D eigenvalue weighted by Gasteiger charge is -2.35. The predicted molar refractivity (Wildman–Crippen MR) is 544 cm³/mol. The van der Waals surface area contributed by atoms with E-state index in [9.17, 15) is 48.9 Å². The number of hydrogen-bond donors (Lipinski definition) is 23. The van der Waals surface area contributed by atoms with Gasteiger partial charge in [-0.25, -0.2) is 0 Å². The average molecular weight is 2020 g/mol. The van der Waals surface area contributed by atoms with Gasteiger partial charge in [0.2, 0.25) is 94.5 Å². The maximum absolute atomic E-state index is 15.7. The van der Waals surface area contributed by atoms with Gasteiger partial charge in [-0.3, -0.25) is 92.3 Å². The van der Waals surface area contributed by atoms with E-state index in [-0.39, 0.29) is 88.1 Å². The molecule has 26 N–H and O–H groups in total. The molecule has 7 aromatic rings. The Kier molecular flexibility index (Phi) is 45.0. The quantitative estimate of drug-likeness (QED) is 0.0166. The van der Waals surface area contributed by atoms with Gasteiger partial charge in [0.15, 0.2) is 11.9 Å². The van der Waals surface area contributed by atoms with E-state index >= 15 is 47.9 Å². The van der Waals surface area contributed by atoms with Crippen LogP contribution in [0.2, 0.25) is 0 Å². The number of nitrogens with two attached hydrogens (primary N) is 3. The van der Waals surface area contributed by atoms with Crippen LogP contribution in [0.25, 0.3) is 21.9 Å². The maximum atomic E-state index is 15.7. The Morgan fingerprint density at radius 3 is 1.37 bits per heavy atom. The fourth-order valence-electron chi connectivity index (χ4n) is 16.1. The van der Waals surface area contributed by atoms with E-state index in [2.05, 4.69) is 79.8 Å². The number of aliphatic hydroxyl groups excluding tert-OH is 1. The number of aliphatic hydroxyl groups is 1. The van der Waals surface area contributed by atoms with Gasteiger partial charge in [0.1, 0.15) is 90.3 Å². The van der Waals surface area contributed by atoms with E-state index in [0.717, 1.165) is 20.9 Å². The number of carboxylic acids is 1. The summed E-state index contributed by atoms with van der Waals surface area (Å²) in [6.45, 7) is 9.12. The van der Waals surface area contributed by atoms with Crippen LogP contribution in [0, 0.1) is 28.6 Å². The molecule has 778 valence electrons. The van der Waals surface area contributed by atoms with Crippen molar-refractivity contribution in [1.29, 1.82) is 10.8 Å². The smallest absolute Gasteiger partial charge is 0.305 e. The second-order valence-corrected chi connectivity index (χ2v) is 37.7. The molecule has 1 heterocycles. The van der Waals surface area contributed by atoms with Gasteiger partial charge in [-0.15, -0.1) is 11.8 Å². The zero-order valence-electron chi connectivity index (χ0n) is 82.5. The first-order valence-electron chi connectivity index (χ1n) is 47.7. The monoisotopic (exact) mass is 2020 g/mol. The molecule has 1 aliphatic rings. The maximum Gasteiger partial charge on any atom is 0.305 e. The van der Waals surface area contributed by atoms with E-state index in [1.807, 2.05) is 30.3 Å². The van der Waals surface area contributed by atoms with Crippen molar-refractivity contribution in [2.45, 2.75) is 204 Å². The second-order valence-electron chi connectivity index (χ2n) is 36.7. The third kappa shape index (κ3) is 36.7. The minimum atomic E-state index is -2.09. The molecule has 1 fully saturated rings. The number of aliphatic carboxylic acids is 1. The van der Waals surface area contributed by atoms with E-state index < -0.39 is 246 Å². The highest BCUT2D eigenvalue weighted by atomic mass is 32.2. The molecule has 0 radical (unpaired) electrons. The lowest BCUT2D eigenvalue weighted by molar-refractivity contribution is -0.148. The number of fused-ring (bicyclic) bond motifs is 1. The van der Waals surface area contributed by atoms with Crippen molar-refractivity contribution in [3.05, 3.63) is 210 Å². The third-order valence-electron chi connectivity index (χ3n) is 24.2. The summed E-state index contributed by atoms with van der Waals surface area (Å²) in [6.07, 6.45) is -3.17. The summed E-state index contributed by atoms with van der Waals surface area (Å²) < 4.78 is 0. The molecule has 0 unspecified atom stereocenters. The number of hydrogen-bond acceptors (Lipinski definition) is 22. The highest BCUT2D eigenvalue weighted by Gasteiger charge is 2.42. The van der Waals surface area contributed by atoms with E-state index in [4.69, 9.17) is 28.0 Å². The van der Waals surface area contributed by atoms with Gasteiger partial charge >= 0.3 is 5.97 Å². The number of rotatable bonds is 29.